The summed E-state index contributed by atoms with van der Waals surface area (Å²) < 4.78 is 5.82. The van der Waals surface area contributed by atoms with Gasteiger partial charge < -0.3 is 15.8 Å². The molecule has 1 aromatic carbocycles. The summed E-state index contributed by atoms with van der Waals surface area (Å²) in [4.78, 5) is 10.9. The Hall–Kier alpha value is -1.55. The van der Waals surface area contributed by atoms with Crippen LogP contribution in [0.25, 0.3) is 0 Å². The lowest BCUT2D eigenvalue weighted by atomic mass is 9.61. The summed E-state index contributed by atoms with van der Waals surface area (Å²) in [6, 6.07) is 8.37. The minimum atomic E-state index is -0.298. The molecule has 0 bridgehead atoms. The van der Waals surface area contributed by atoms with Gasteiger partial charge in [0.1, 0.15) is 0 Å². The van der Waals surface area contributed by atoms with Crippen molar-refractivity contribution in [3.63, 3.8) is 0 Å². The van der Waals surface area contributed by atoms with Crippen LogP contribution >= 0.6 is 0 Å². The predicted octanol–water partition coefficient (Wildman–Crippen LogP) is 2.72. The molecule has 2 rings (SSSR count). The fourth-order valence-electron chi connectivity index (χ4n) is 3.10. The summed E-state index contributed by atoms with van der Waals surface area (Å²) in [6.07, 6.45) is 2.78. The first kappa shape index (κ1) is 15.8. The number of hydrogen-bond acceptors (Lipinski definition) is 3. The first-order valence-electron chi connectivity index (χ1n) is 7.75. The van der Waals surface area contributed by atoms with Crippen LogP contribution in [-0.4, -0.2) is 24.7 Å². The van der Waals surface area contributed by atoms with Gasteiger partial charge in [0.2, 0.25) is 5.91 Å². The molecule has 0 radical (unpaired) electrons. The molecule has 0 heterocycles. The number of nitrogens with two attached hydrogens (primary N) is 1. The predicted molar refractivity (Wildman–Crippen MR) is 85.2 cm³/mol. The molecule has 0 saturated heterocycles. The lowest BCUT2D eigenvalue weighted by Crippen LogP contribution is -2.59. The summed E-state index contributed by atoms with van der Waals surface area (Å²) in [7, 11) is 0. The highest BCUT2D eigenvalue weighted by Gasteiger charge is 2.51. The molecule has 3 N–H and O–H groups in total. The summed E-state index contributed by atoms with van der Waals surface area (Å²) in [5.41, 5.74) is 7.42. The van der Waals surface area contributed by atoms with E-state index in [9.17, 15) is 4.79 Å². The Labute approximate surface area is 127 Å². The van der Waals surface area contributed by atoms with Crippen LogP contribution < -0.4 is 11.1 Å². The average molecular weight is 290 g/mol. The van der Waals surface area contributed by atoms with Gasteiger partial charge in [-0.1, -0.05) is 26.0 Å². The standard InChI is InChI=1S/C17H26N2O2/c1-4-17(3)14(11-15(17)21-5-2)19-13-8-6-12(7-9-13)10-16(18)20/h6-9,14-15,19H,4-5,10-11H2,1-3H3,(H2,18,20). The van der Waals surface area contributed by atoms with Crippen molar-refractivity contribution < 1.29 is 9.53 Å². The van der Waals surface area contributed by atoms with Crippen LogP contribution in [0.5, 0.6) is 0 Å². The van der Waals surface area contributed by atoms with Crippen LogP contribution in [0.3, 0.4) is 0 Å². The second-order valence-electron chi connectivity index (χ2n) is 6.08. The number of primary amides is 1. The molecule has 21 heavy (non-hydrogen) atoms. The smallest absolute Gasteiger partial charge is 0.221 e. The fourth-order valence-corrected chi connectivity index (χ4v) is 3.10. The van der Waals surface area contributed by atoms with E-state index in [1.165, 1.54) is 0 Å². The molecule has 3 unspecified atom stereocenters. The molecule has 1 aliphatic rings. The Balaban J connectivity index is 1.97. The molecular formula is C17H26N2O2. The SMILES string of the molecule is CCOC1CC(Nc2ccc(CC(N)=O)cc2)C1(C)CC. The Morgan fingerprint density at radius 2 is 2.05 bits per heavy atom. The van der Waals surface area contributed by atoms with Gasteiger partial charge in [0, 0.05) is 23.8 Å². The minimum absolute atomic E-state index is 0.182. The van der Waals surface area contributed by atoms with Crippen LogP contribution in [0.15, 0.2) is 24.3 Å². The van der Waals surface area contributed by atoms with E-state index in [1.54, 1.807) is 0 Å². The van der Waals surface area contributed by atoms with Gasteiger partial charge in [-0.15, -0.1) is 0 Å². The topological polar surface area (TPSA) is 64.3 Å². The van der Waals surface area contributed by atoms with Crippen LogP contribution in [-0.2, 0) is 16.0 Å². The zero-order chi connectivity index (χ0) is 15.5. The van der Waals surface area contributed by atoms with Crippen LogP contribution in [0.2, 0.25) is 0 Å². The zero-order valence-electron chi connectivity index (χ0n) is 13.2. The number of hydrogen-bond donors (Lipinski definition) is 2. The Morgan fingerprint density at radius 3 is 2.57 bits per heavy atom. The van der Waals surface area contributed by atoms with Crippen LogP contribution in [0, 0.1) is 5.41 Å². The molecule has 3 atom stereocenters. The molecule has 0 aliphatic heterocycles. The van der Waals surface area contributed by atoms with Gasteiger partial charge in [-0.05, 0) is 37.5 Å². The molecule has 1 aliphatic carbocycles. The Kier molecular flexibility index (Phi) is 4.88. The van der Waals surface area contributed by atoms with Gasteiger partial charge in [-0.25, -0.2) is 0 Å². The Morgan fingerprint density at radius 1 is 1.38 bits per heavy atom. The van der Waals surface area contributed by atoms with E-state index in [1.807, 2.05) is 31.2 Å². The van der Waals surface area contributed by atoms with E-state index >= 15 is 0 Å². The molecule has 4 nitrogen and oxygen atoms in total. The van der Waals surface area contributed by atoms with Gasteiger partial charge in [-0.3, -0.25) is 4.79 Å². The third kappa shape index (κ3) is 3.38. The fraction of sp³-hybridized carbons (Fsp3) is 0.588. The molecular weight excluding hydrogens is 264 g/mol. The molecule has 0 aromatic heterocycles. The van der Waals surface area contributed by atoms with E-state index < -0.39 is 0 Å². The highest BCUT2D eigenvalue weighted by atomic mass is 16.5. The average Bonchev–Trinajstić information content (AvgIpc) is 2.46. The lowest BCUT2D eigenvalue weighted by Gasteiger charge is -2.54. The summed E-state index contributed by atoms with van der Waals surface area (Å²) >= 11 is 0. The van der Waals surface area contributed by atoms with Crippen molar-refractivity contribution in [2.45, 2.75) is 52.2 Å². The monoisotopic (exact) mass is 290 g/mol. The maximum atomic E-state index is 10.9. The second kappa shape index (κ2) is 6.48. The highest BCUT2D eigenvalue weighted by Crippen LogP contribution is 2.47. The third-order valence-corrected chi connectivity index (χ3v) is 4.78. The third-order valence-electron chi connectivity index (χ3n) is 4.78. The van der Waals surface area contributed by atoms with Gasteiger partial charge in [0.25, 0.3) is 0 Å². The van der Waals surface area contributed by atoms with E-state index in [-0.39, 0.29) is 11.3 Å². The van der Waals surface area contributed by atoms with Crippen molar-refractivity contribution in [2.24, 2.45) is 11.1 Å². The minimum Gasteiger partial charge on any atom is -0.382 e. The maximum Gasteiger partial charge on any atom is 0.221 e. The lowest BCUT2D eigenvalue weighted by molar-refractivity contribution is -0.117. The first-order valence-corrected chi connectivity index (χ1v) is 7.75. The van der Waals surface area contributed by atoms with E-state index in [0.29, 0.717) is 18.6 Å². The first-order chi connectivity index (χ1) is 9.99. The van der Waals surface area contributed by atoms with Crippen molar-refractivity contribution >= 4 is 11.6 Å². The molecule has 4 heteroatoms. The molecule has 0 spiro atoms. The van der Waals surface area contributed by atoms with E-state index in [2.05, 4.69) is 19.2 Å². The largest absolute Gasteiger partial charge is 0.382 e. The van der Waals surface area contributed by atoms with E-state index in [0.717, 1.165) is 30.7 Å². The number of benzene rings is 1. The van der Waals surface area contributed by atoms with Crippen molar-refractivity contribution in [1.82, 2.24) is 0 Å². The van der Waals surface area contributed by atoms with Gasteiger partial charge in [-0.2, -0.15) is 0 Å². The van der Waals surface area contributed by atoms with Crippen LogP contribution in [0.4, 0.5) is 5.69 Å². The van der Waals surface area contributed by atoms with E-state index in [4.69, 9.17) is 10.5 Å². The number of carbonyl (C=O) groups is 1. The molecule has 1 fully saturated rings. The second-order valence-corrected chi connectivity index (χ2v) is 6.08. The molecule has 1 saturated carbocycles. The molecule has 1 aromatic rings. The van der Waals surface area contributed by atoms with Crippen molar-refractivity contribution in [2.75, 3.05) is 11.9 Å². The quantitative estimate of drug-likeness (QED) is 0.811. The van der Waals surface area contributed by atoms with Gasteiger partial charge in [0.15, 0.2) is 0 Å². The summed E-state index contributed by atoms with van der Waals surface area (Å²) in [5.74, 6) is -0.298. The highest BCUT2D eigenvalue weighted by molar-refractivity contribution is 5.76. The van der Waals surface area contributed by atoms with Crippen molar-refractivity contribution in [3.8, 4) is 0 Å². The van der Waals surface area contributed by atoms with Gasteiger partial charge >= 0.3 is 0 Å². The number of ether oxygens (including phenoxy) is 1. The number of carbonyl (C=O) groups excluding carboxylic acids is 1. The zero-order valence-corrected chi connectivity index (χ0v) is 13.2. The summed E-state index contributed by atoms with van der Waals surface area (Å²) in [6.45, 7) is 7.33. The number of rotatable bonds is 7. The maximum absolute atomic E-state index is 10.9. The van der Waals surface area contributed by atoms with Gasteiger partial charge in [0.05, 0.1) is 12.5 Å². The summed E-state index contributed by atoms with van der Waals surface area (Å²) in [5, 5.41) is 3.59. The number of nitrogens with one attached hydrogen (secondary N) is 1. The normalized spacial score (nSPS) is 28.0. The Bertz CT molecular complexity index is 486. The van der Waals surface area contributed by atoms with Crippen LogP contribution in [0.1, 0.15) is 39.2 Å². The number of amides is 1. The molecule has 116 valence electrons. The van der Waals surface area contributed by atoms with Crippen molar-refractivity contribution in [1.29, 1.82) is 0 Å². The number of anilines is 1. The molecule has 1 amide bonds. The van der Waals surface area contributed by atoms with Crippen molar-refractivity contribution in [3.05, 3.63) is 29.8 Å².